The second-order valence-corrected chi connectivity index (χ2v) is 6.75. The van der Waals surface area contributed by atoms with Crippen molar-refractivity contribution in [2.45, 2.75) is 13.0 Å². The molecule has 6 heteroatoms. The molecule has 0 atom stereocenters. The van der Waals surface area contributed by atoms with Crippen LogP contribution in [0.3, 0.4) is 0 Å². The fourth-order valence-corrected chi connectivity index (χ4v) is 3.36. The number of nitrogens with two attached hydrogens (primary N) is 1. The third kappa shape index (κ3) is 3.55. The fourth-order valence-electron chi connectivity index (χ4n) is 1.31. The molecule has 0 aliphatic rings. The van der Waals surface area contributed by atoms with Crippen molar-refractivity contribution in [2.24, 2.45) is 0 Å². The lowest BCUT2D eigenvalue weighted by Crippen LogP contribution is -2.16. The van der Waals surface area contributed by atoms with Gasteiger partial charge in [-0.1, -0.05) is 0 Å². The predicted octanol–water partition coefficient (Wildman–Crippen LogP) is 2.88. The van der Waals surface area contributed by atoms with E-state index in [-0.39, 0.29) is 0 Å². The normalized spacial score (nSPS) is 10.8. The molecule has 0 aliphatic carbocycles. The molecule has 2 rings (SSSR count). The lowest BCUT2D eigenvalue weighted by atomic mass is 10.3. The van der Waals surface area contributed by atoms with Crippen molar-refractivity contribution in [2.75, 3.05) is 12.3 Å². The van der Waals surface area contributed by atoms with Crippen molar-refractivity contribution in [3.63, 3.8) is 0 Å². The first-order valence-electron chi connectivity index (χ1n) is 4.89. The van der Waals surface area contributed by atoms with Crippen LogP contribution in [-0.4, -0.2) is 11.5 Å². The van der Waals surface area contributed by atoms with Crippen LogP contribution in [0, 0.1) is 0 Å². The summed E-state index contributed by atoms with van der Waals surface area (Å²) < 4.78 is 1.18. The van der Waals surface area contributed by atoms with E-state index < -0.39 is 0 Å². The van der Waals surface area contributed by atoms with Gasteiger partial charge in [-0.05, 0) is 28.1 Å². The van der Waals surface area contributed by atoms with Crippen LogP contribution < -0.4 is 11.1 Å². The average Bonchev–Trinajstić information content (AvgIpc) is 2.83. The van der Waals surface area contributed by atoms with Gasteiger partial charge in [-0.2, -0.15) is 0 Å². The molecule has 0 fully saturated rings. The summed E-state index contributed by atoms with van der Waals surface area (Å²) in [5, 5.41) is 6.05. The van der Waals surface area contributed by atoms with Gasteiger partial charge in [-0.15, -0.1) is 22.7 Å². The van der Waals surface area contributed by atoms with Gasteiger partial charge in [0.25, 0.3) is 0 Å². The van der Waals surface area contributed by atoms with Crippen LogP contribution in [0.5, 0.6) is 0 Å². The maximum Gasteiger partial charge on any atom is 0.180 e. The van der Waals surface area contributed by atoms with Gasteiger partial charge >= 0.3 is 0 Å². The van der Waals surface area contributed by atoms with Crippen LogP contribution in [0.25, 0.3) is 0 Å². The van der Waals surface area contributed by atoms with E-state index in [4.69, 9.17) is 5.73 Å². The van der Waals surface area contributed by atoms with Gasteiger partial charge < -0.3 is 11.1 Å². The molecule has 0 amide bonds. The Morgan fingerprint density at radius 2 is 2.31 bits per heavy atom. The van der Waals surface area contributed by atoms with Crippen molar-refractivity contribution >= 4 is 43.7 Å². The molecule has 0 unspecified atom stereocenters. The molecule has 86 valence electrons. The number of hydrogen-bond donors (Lipinski definition) is 2. The Kier molecular flexibility index (Phi) is 4.34. The Bertz CT molecular complexity index is 410. The molecule has 0 saturated carbocycles. The zero-order valence-corrected chi connectivity index (χ0v) is 11.8. The Morgan fingerprint density at radius 1 is 1.44 bits per heavy atom. The number of thiophene rings is 1. The second kappa shape index (κ2) is 5.77. The first-order valence-corrected chi connectivity index (χ1v) is 7.38. The van der Waals surface area contributed by atoms with E-state index in [1.807, 2.05) is 5.38 Å². The van der Waals surface area contributed by atoms with Crippen LogP contribution in [0.15, 0.2) is 21.3 Å². The molecular weight excluding hydrogens is 306 g/mol. The number of nitrogens with zero attached hydrogens (tertiary/aromatic N) is 1. The first kappa shape index (κ1) is 12.0. The summed E-state index contributed by atoms with van der Waals surface area (Å²) >= 11 is 6.70. The van der Waals surface area contributed by atoms with Crippen molar-refractivity contribution in [3.8, 4) is 0 Å². The minimum Gasteiger partial charge on any atom is -0.375 e. The molecular formula is C10H12BrN3S2. The van der Waals surface area contributed by atoms with Crippen molar-refractivity contribution in [1.82, 2.24) is 10.3 Å². The van der Waals surface area contributed by atoms with Gasteiger partial charge in [-0.3, -0.25) is 0 Å². The van der Waals surface area contributed by atoms with Crippen LogP contribution in [0.1, 0.15) is 10.6 Å². The number of hydrogen-bond acceptors (Lipinski definition) is 5. The molecule has 0 radical (unpaired) electrons. The minimum atomic E-state index is 0.650. The predicted molar refractivity (Wildman–Crippen MR) is 74.0 cm³/mol. The smallest absolute Gasteiger partial charge is 0.180 e. The second-order valence-electron chi connectivity index (χ2n) is 3.31. The lowest BCUT2D eigenvalue weighted by Gasteiger charge is -2.00. The molecule has 16 heavy (non-hydrogen) atoms. The molecule has 0 saturated heterocycles. The summed E-state index contributed by atoms with van der Waals surface area (Å²) in [6.45, 7) is 1.84. The Balaban J connectivity index is 1.69. The van der Waals surface area contributed by atoms with E-state index in [0.29, 0.717) is 5.13 Å². The summed E-state index contributed by atoms with van der Waals surface area (Å²) in [5.41, 5.74) is 6.63. The lowest BCUT2D eigenvalue weighted by molar-refractivity contribution is 0.688. The third-order valence-electron chi connectivity index (χ3n) is 2.06. The third-order valence-corrected chi connectivity index (χ3v) is 4.40. The molecule has 3 nitrogen and oxygen atoms in total. The quantitative estimate of drug-likeness (QED) is 0.834. The number of nitrogens with one attached hydrogen (secondary N) is 1. The van der Waals surface area contributed by atoms with Crippen molar-refractivity contribution in [3.05, 3.63) is 31.9 Å². The number of anilines is 1. The largest absolute Gasteiger partial charge is 0.375 e. The number of rotatable bonds is 5. The van der Waals surface area contributed by atoms with Crippen LogP contribution >= 0.6 is 38.6 Å². The van der Waals surface area contributed by atoms with Gasteiger partial charge in [0.15, 0.2) is 5.13 Å². The summed E-state index contributed by atoms with van der Waals surface area (Å²) in [6.07, 6.45) is 0.931. The average molecular weight is 318 g/mol. The van der Waals surface area contributed by atoms with Crippen molar-refractivity contribution in [1.29, 1.82) is 0 Å². The van der Waals surface area contributed by atoms with Gasteiger partial charge in [-0.25, -0.2) is 4.98 Å². The SMILES string of the molecule is Nc1nc(CCNCc2ccc(Br)s2)cs1. The van der Waals surface area contributed by atoms with Crippen molar-refractivity contribution < 1.29 is 0 Å². The molecule has 0 spiro atoms. The highest BCUT2D eigenvalue weighted by Crippen LogP contribution is 2.21. The number of halogens is 1. The maximum atomic E-state index is 5.56. The summed E-state index contributed by atoms with van der Waals surface area (Å²) in [7, 11) is 0. The number of thiazole rings is 1. The van der Waals surface area contributed by atoms with E-state index in [0.717, 1.165) is 25.2 Å². The summed E-state index contributed by atoms with van der Waals surface area (Å²) in [4.78, 5) is 5.55. The first-order chi connectivity index (χ1) is 7.74. The van der Waals surface area contributed by atoms with Gasteiger partial charge in [0.05, 0.1) is 9.48 Å². The van der Waals surface area contributed by atoms with Gasteiger partial charge in [0.2, 0.25) is 0 Å². The zero-order chi connectivity index (χ0) is 11.4. The Labute approximate surface area is 111 Å². The Morgan fingerprint density at radius 3 is 2.94 bits per heavy atom. The highest BCUT2D eigenvalue weighted by atomic mass is 79.9. The number of aromatic nitrogens is 1. The molecule has 2 aromatic heterocycles. The molecule has 0 aliphatic heterocycles. The zero-order valence-electron chi connectivity index (χ0n) is 8.57. The fraction of sp³-hybridized carbons (Fsp3) is 0.300. The monoisotopic (exact) mass is 317 g/mol. The summed E-state index contributed by atoms with van der Waals surface area (Å²) in [5.74, 6) is 0. The van der Waals surface area contributed by atoms with E-state index in [1.54, 1.807) is 11.3 Å². The topological polar surface area (TPSA) is 50.9 Å². The van der Waals surface area contributed by atoms with Gasteiger partial charge in [0.1, 0.15) is 0 Å². The molecule has 2 aromatic rings. The van der Waals surface area contributed by atoms with Crippen LogP contribution in [-0.2, 0) is 13.0 Å². The summed E-state index contributed by atoms with van der Waals surface area (Å²) in [6, 6.07) is 4.20. The highest BCUT2D eigenvalue weighted by molar-refractivity contribution is 9.11. The van der Waals surface area contributed by atoms with E-state index in [9.17, 15) is 0 Å². The molecule has 2 heterocycles. The van der Waals surface area contributed by atoms with Crippen LogP contribution in [0.4, 0.5) is 5.13 Å². The van der Waals surface area contributed by atoms with E-state index in [1.165, 1.54) is 20.0 Å². The minimum absolute atomic E-state index is 0.650. The van der Waals surface area contributed by atoms with Gasteiger partial charge in [0, 0.05) is 29.8 Å². The standard InChI is InChI=1S/C10H12BrN3S2/c11-9-2-1-8(16-9)5-13-4-3-7-6-15-10(12)14-7/h1-2,6,13H,3-5H2,(H2,12,14). The van der Waals surface area contributed by atoms with E-state index >= 15 is 0 Å². The van der Waals surface area contributed by atoms with E-state index in [2.05, 4.69) is 38.4 Å². The maximum absolute atomic E-state index is 5.56. The highest BCUT2D eigenvalue weighted by Gasteiger charge is 1.99. The van der Waals surface area contributed by atoms with Crippen LogP contribution in [0.2, 0.25) is 0 Å². The molecule has 3 N–H and O–H groups in total. The number of nitrogen functional groups attached to an aromatic ring is 1. The Hall–Kier alpha value is -0.430. The molecule has 0 bridgehead atoms. The molecule has 0 aromatic carbocycles.